The lowest BCUT2D eigenvalue weighted by Crippen LogP contribution is -3.14. The SMILES string of the molecule is CCOC(=O)C1=C(C[NH+]2CCC[C@@H](C)C2)NC(=O)NC1. The summed E-state index contributed by atoms with van der Waals surface area (Å²) in [5.41, 5.74) is 1.27. The lowest BCUT2D eigenvalue weighted by Gasteiger charge is -2.30. The number of carbonyl (C=O) groups excluding carboxylic acids is 2. The molecule has 2 amide bonds. The lowest BCUT2D eigenvalue weighted by molar-refractivity contribution is -0.904. The fourth-order valence-corrected chi connectivity index (χ4v) is 2.90. The van der Waals surface area contributed by atoms with Crippen LogP contribution in [0, 0.1) is 5.92 Å². The Kier molecular flexibility index (Phi) is 5.00. The Bertz CT molecular complexity index is 420. The van der Waals surface area contributed by atoms with Crippen LogP contribution in [-0.4, -0.2) is 44.8 Å². The van der Waals surface area contributed by atoms with Crippen molar-refractivity contribution in [1.29, 1.82) is 0 Å². The van der Waals surface area contributed by atoms with Crippen LogP contribution in [0.5, 0.6) is 0 Å². The number of esters is 1. The molecule has 0 aromatic carbocycles. The molecule has 6 heteroatoms. The summed E-state index contributed by atoms with van der Waals surface area (Å²) in [5.74, 6) is 0.363. The van der Waals surface area contributed by atoms with Gasteiger partial charge in [-0.05, 0) is 19.8 Å². The maximum atomic E-state index is 11.9. The zero-order chi connectivity index (χ0) is 14.5. The Labute approximate surface area is 119 Å². The van der Waals surface area contributed by atoms with Crippen LogP contribution in [0.3, 0.4) is 0 Å². The third-order valence-corrected chi connectivity index (χ3v) is 3.87. The molecule has 0 saturated carbocycles. The van der Waals surface area contributed by atoms with Crippen molar-refractivity contribution in [2.45, 2.75) is 26.7 Å². The number of amides is 2. The van der Waals surface area contributed by atoms with Crippen LogP contribution in [-0.2, 0) is 9.53 Å². The van der Waals surface area contributed by atoms with E-state index in [0.717, 1.165) is 18.8 Å². The quantitative estimate of drug-likeness (QED) is 0.605. The zero-order valence-corrected chi connectivity index (χ0v) is 12.3. The highest BCUT2D eigenvalue weighted by Gasteiger charge is 2.28. The number of likely N-dealkylation sites (tertiary alicyclic amines) is 1. The maximum Gasteiger partial charge on any atom is 0.337 e. The molecule has 0 aromatic rings. The van der Waals surface area contributed by atoms with Gasteiger partial charge < -0.3 is 20.3 Å². The predicted molar refractivity (Wildman–Crippen MR) is 74.2 cm³/mol. The summed E-state index contributed by atoms with van der Waals surface area (Å²) < 4.78 is 5.06. The van der Waals surface area contributed by atoms with Gasteiger partial charge in [0, 0.05) is 5.92 Å². The van der Waals surface area contributed by atoms with Gasteiger partial charge in [-0.3, -0.25) is 0 Å². The molecule has 0 radical (unpaired) electrons. The van der Waals surface area contributed by atoms with Crippen LogP contribution in [0.25, 0.3) is 0 Å². The number of carbonyl (C=O) groups is 2. The van der Waals surface area contributed by atoms with Gasteiger partial charge in [0.2, 0.25) is 0 Å². The molecule has 0 aromatic heterocycles. The van der Waals surface area contributed by atoms with Crippen LogP contribution in [0.4, 0.5) is 4.79 Å². The van der Waals surface area contributed by atoms with Gasteiger partial charge in [-0.25, -0.2) is 9.59 Å². The molecule has 2 atom stereocenters. The Morgan fingerprint density at radius 2 is 2.30 bits per heavy atom. The first-order valence-electron chi connectivity index (χ1n) is 7.37. The number of hydrogen-bond donors (Lipinski definition) is 3. The van der Waals surface area contributed by atoms with Crippen molar-refractivity contribution >= 4 is 12.0 Å². The highest BCUT2D eigenvalue weighted by Crippen LogP contribution is 2.09. The number of urea groups is 1. The molecular weight excluding hydrogens is 258 g/mol. The van der Waals surface area contributed by atoms with Gasteiger partial charge in [-0.15, -0.1) is 0 Å². The molecule has 3 N–H and O–H groups in total. The van der Waals surface area contributed by atoms with Gasteiger partial charge in [0.1, 0.15) is 6.54 Å². The summed E-state index contributed by atoms with van der Waals surface area (Å²) in [6, 6.07) is -0.238. The second-order valence-electron chi connectivity index (χ2n) is 5.61. The average Bonchev–Trinajstić information content (AvgIpc) is 2.39. The first-order valence-corrected chi connectivity index (χ1v) is 7.37. The fourth-order valence-electron chi connectivity index (χ4n) is 2.90. The number of quaternary nitrogens is 1. The van der Waals surface area contributed by atoms with E-state index in [9.17, 15) is 9.59 Å². The Balaban J connectivity index is 2.09. The monoisotopic (exact) mass is 282 g/mol. The van der Waals surface area contributed by atoms with Crippen LogP contribution in [0.2, 0.25) is 0 Å². The van der Waals surface area contributed by atoms with E-state index in [4.69, 9.17) is 4.74 Å². The van der Waals surface area contributed by atoms with E-state index >= 15 is 0 Å². The van der Waals surface area contributed by atoms with Gasteiger partial charge in [-0.1, -0.05) is 6.92 Å². The third-order valence-electron chi connectivity index (χ3n) is 3.87. The molecule has 2 aliphatic heterocycles. The summed E-state index contributed by atoms with van der Waals surface area (Å²) in [6.07, 6.45) is 2.46. The van der Waals surface area contributed by atoms with Gasteiger partial charge in [0.15, 0.2) is 0 Å². The first-order chi connectivity index (χ1) is 9.60. The zero-order valence-electron chi connectivity index (χ0n) is 12.3. The van der Waals surface area contributed by atoms with E-state index < -0.39 is 0 Å². The normalized spacial score (nSPS) is 26.8. The summed E-state index contributed by atoms with van der Waals surface area (Å²) in [6.45, 7) is 7.49. The van der Waals surface area contributed by atoms with E-state index in [-0.39, 0.29) is 18.5 Å². The molecule has 6 nitrogen and oxygen atoms in total. The van der Waals surface area contributed by atoms with E-state index in [1.54, 1.807) is 6.92 Å². The summed E-state index contributed by atoms with van der Waals surface area (Å²) >= 11 is 0. The largest absolute Gasteiger partial charge is 0.463 e. The maximum absolute atomic E-state index is 11.9. The minimum absolute atomic E-state index is 0.238. The van der Waals surface area contributed by atoms with Crippen LogP contribution >= 0.6 is 0 Å². The molecule has 2 rings (SSSR count). The number of piperidine rings is 1. The number of rotatable bonds is 4. The topological polar surface area (TPSA) is 71.9 Å². The van der Waals surface area contributed by atoms with Crippen molar-refractivity contribution in [3.63, 3.8) is 0 Å². The molecule has 112 valence electrons. The molecule has 2 heterocycles. The molecule has 20 heavy (non-hydrogen) atoms. The van der Waals surface area contributed by atoms with Crippen molar-refractivity contribution < 1.29 is 19.2 Å². The van der Waals surface area contributed by atoms with E-state index in [1.165, 1.54) is 17.7 Å². The third kappa shape index (κ3) is 3.72. The van der Waals surface area contributed by atoms with Crippen molar-refractivity contribution in [2.24, 2.45) is 5.92 Å². The number of ether oxygens (including phenoxy) is 1. The summed E-state index contributed by atoms with van der Waals surface area (Å²) in [7, 11) is 0. The highest BCUT2D eigenvalue weighted by atomic mass is 16.5. The van der Waals surface area contributed by atoms with Crippen LogP contribution in [0.1, 0.15) is 26.7 Å². The Morgan fingerprint density at radius 1 is 1.50 bits per heavy atom. The first kappa shape index (κ1) is 14.8. The van der Waals surface area contributed by atoms with Crippen LogP contribution < -0.4 is 15.5 Å². The lowest BCUT2D eigenvalue weighted by atomic mass is 10.00. The second-order valence-corrected chi connectivity index (χ2v) is 5.61. The van der Waals surface area contributed by atoms with Crippen molar-refractivity contribution in [3.8, 4) is 0 Å². The van der Waals surface area contributed by atoms with Gasteiger partial charge >= 0.3 is 12.0 Å². The Hall–Kier alpha value is -1.56. The molecule has 0 aliphatic carbocycles. The van der Waals surface area contributed by atoms with E-state index in [1.807, 2.05) is 0 Å². The second kappa shape index (κ2) is 6.74. The number of hydrogen-bond acceptors (Lipinski definition) is 3. The van der Waals surface area contributed by atoms with Crippen molar-refractivity contribution in [2.75, 3.05) is 32.8 Å². The predicted octanol–water partition coefficient (Wildman–Crippen LogP) is -0.569. The fraction of sp³-hybridized carbons (Fsp3) is 0.714. The van der Waals surface area contributed by atoms with E-state index in [0.29, 0.717) is 24.6 Å². The van der Waals surface area contributed by atoms with Gasteiger partial charge in [0.05, 0.1) is 37.5 Å². The van der Waals surface area contributed by atoms with Gasteiger partial charge in [-0.2, -0.15) is 0 Å². The Morgan fingerprint density at radius 3 is 3.00 bits per heavy atom. The van der Waals surface area contributed by atoms with Gasteiger partial charge in [0.25, 0.3) is 0 Å². The van der Waals surface area contributed by atoms with Crippen molar-refractivity contribution in [1.82, 2.24) is 10.6 Å². The molecular formula is C14H24N3O3+. The minimum Gasteiger partial charge on any atom is -0.463 e. The molecule has 1 fully saturated rings. The summed E-state index contributed by atoms with van der Waals surface area (Å²) in [4.78, 5) is 24.8. The smallest absolute Gasteiger partial charge is 0.337 e. The molecule has 1 saturated heterocycles. The molecule has 1 unspecified atom stereocenters. The average molecular weight is 282 g/mol. The minimum atomic E-state index is -0.334. The standard InChI is InChI=1S/C14H23N3O3/c1-3-20-13(18)11-7-15-14(19)16-12(11)9-17-6-4-5-10(2)8-17/h10H,3-9H2,1-2H3,(H2,15,16,19)/p+1/t10-/m1/s1. The summed E-state index contributed by atoms with van der Waals surface area (Å²) in [5, 5.41) is 5.41. The number of nitrogens with one attached hydrogen (secondary N) is 3. The van der Waals surface area contributed by atoms with Crippen LogP contribution in [0.15, 0.2) is 11.3 Å². The van der Waals surface area contributed by atoms with Crippen molar-refractivity contribution in [3.05, 3.63) is 11.3 Å². The highest BCUT2D eigenvalue weighted by molar-refractivity contribution is 5.93. The molecule has 0 spiro atoms. The molecule has 2 aliphatic rings. The molecule has 0 bridgehead atoms. The van der Waals surface area contributed by atoms with E-state index in [2.05, 4.69) is 17.6 Å².